The van der Waals surface area contributed by atoms with Crippen molar-refractivity contribution < 1.29 is 14.3 Å². The van der Waals surface area contributed by atoms with Gasteiger partial charge in [-0.25, -0.2) is 0 Å². The van der Waals surface area contributed by atoms with Gasteiger partial charge in [0.2, 0.25) is 0 Å². The van der Waals surface area contributed by atoms with E-state index in [4.69, 9.17) is 4.74 Å². The quantitative estimate of drug-likeness (QED) is 0.763. The molecule has 1 aromatic rings. The van der Waals surface area contributed by atoms with E-state index in [1.807, 2.05) is 14.0 Å². The summed E-state index contributed by atoms with van der Waals surface area (Å²) in [5.74, 6) is 0.680. The molecule has 4 nitrogen and oxygen atoms in total. The number of hydrogen-bond donors (Lipinski definition) is 0. The summed E-state index contributed by atoms with van der Waals surface area (Å²) in [7, 11) is 1.81. The van der Waals surface area contributed by atoms with Crippen LogP contribution in [0, 0.1) is 6.92 Å². The van der Waals surface area contributed by atoms with E-state index in [0.29, 0.717) is 17.4 Å². The zero-order valence-electron chi connectivity index (χ0n) is 11.6. The van der Waals surface area contributed by atoms with Crippen LogP contribution in [0.15, 0.2) is 18.2 Å². The summed E-state index contributed by atoms with van der Waals surface area (Å²) < 4.78 is 5.53. The van der Waals surface area contributed by atoms with Crippen molar-refractivity contribution in [3.05, 3.63) is 29.3 Å². The number of carbonyl (C=O) groups excluding carboxylic acids is 2. The third-order valence-electron chi connectivity index (χ3n) is 3.42. The Morgan fingerprint density at radius 2 is 2.05 bits per heavy atom. The zero-order chi connectivity index (χ0) is 14.0. The SMILES string of the molecule is CC(=O)c1ccc(OCC(=O)N(C)C2CC2)c(C)c1. The maximum atomic E-state index is 11.8. The molecule has 2 rings (SSSR count). The summed E-state index contributed by atoms with van der Waals surface area (Å²) in [6.07, 6.45) is 2.18. The summed E-state index contributed by atoms with van der Waals surface area (Å²) in [5.41, 5.74) is 1.53. The maximum absolute atomic E-state index is 11.8. The number of likely N-dealkylation sites (N-methyl/N-ethyl adjacent to an activating group) is 1. The first-order chi connectivity index (χ1) is 8.99. The van der Waals surface area contributed by atoms with Gasteiger partial charge in [-0.3, -0.25) is 9.59 Å². The van der Waals surface area contributed by atoms with Crippen molar-refractivity contribution in [1.29, 1.82) is 0 Å². The third-order valence-corrected chi connectivity index (χ3v) is 3.42. The average molecular weight is 261 g/mol. The van der Waals surface area contributed by atoms with Gasteiger partial charge in [0, 0.05) is 18.7 Å². The number of aryl methyl sites for hydroxylation is 1. The molecule has 0 saturated heterocycles. The predicted molar refractivity (Wildman–Crippen MR) is 72.5 cm³/mol. The van der Waals surface area contributed by atoms with E-state index < -0.39 is 0 Å². The fraction of sp³-hybridized carbons (Fsp3) is 0.467. The van der Waals surface area contributed by atoms with Gasteiger partial charge >= 0.3 is 0 Å². The summed E-state index contributed by atoms with van der Waals surface area (Å²) in [6.45, 7) is 3.45. The van der Waals surface area contributed by atoms with Gasteiger partial charge in [0.1, 0.15) is 5.75 Å². The van der Waals surface area contributed by atoms with Gasteiger partial charge < -0.3 is 9.64 Å². The van der Waals surface area contributed by atoms with Crippen molar-refractivity contribution in [3.8, 4) is 5.75 Å². The molecule has 0 aliphatic heterocycles. The Balaban J connectivity index is 1.95. The molecule has 0 spiro atoms. The van der Waals surface area contributed by atoms with E-state index in [0.717, 1.165) is 18.4 Å². The standard InChI is InChI=1S/C15H19NO3/c1-10-8-12(11(2)17)4-7-14(10)19-9-15(18)16(3)13-5-6-13/h4,7-8,13H,5-6,9H2,1-3H3. The summed E-state index contributed by atoms with van der Waals surface area (Å²) >= 11 is 0. The summed E-state index contributed by atoms with van der Waals surface area (Å²) in [5, 5.41) is 0. The van der Waals surface area contributed by atoms with Gasteiger partial charge in [-0.1, -0.05) is 0 Å². The van der Waals surface area contributed by atoms with Gasteiger partial charge in [-0.15, -0.1) is 0 Å². The molecule has 1 aliphatic carbocycles. The van der Waals surface area contributed by atoms with Crippen LogP contribution in [-0.4, -0.2) is 36.3 Å². The zero-order valence-corrected chi connectivity index (χ0v) is 11.6. The van der Waals surface area contributed by atoms with E-state index in [1.165, 1.54) is 6.92 Å². The minimum absolute atomic E-state index is 0.00227. The smallest absolute Gasteiger partial charge is 0.260 e. The van der Waals surface area contributed by atoms with Gasteiger partial charge in [0.05, 0.1) is 0 Å². The summed E-state index contributed by atoms with van der Waals surface area (Å²) in [6, 6.07) is 5.65. The molecular weight excluding hydrogens is 242 g/mol. The van der Waals surface area contributed by atoms with Crippen LogP contribution >= 0.6 is 0 Å². The van der Waals surface area contributed by atoms with Crippen molar-refractivity contribution in [3.63, 3.8) is 0 Å². The lowest BCUT2D eigenvalue weighted by Gasteiger charge is -2.17. The predicted octanol–water partition coefficient (Wildman–Crippen LogP) is 2.20. The second kappa shape index (κ2) is 5.43. The number of ether oxygens (including phenoxy) is 1. The van der Waals surface area contributed by atoms with Crippen molar-refractivity contribution in [1.82, 2.24) is 4.90 Å². The fourth-order valence-electron chi connectivity index (χ4n) is 1.94. The number of ketones is 1. The third kappa shape index (κ3) is 3.34. The minimum Gasteiger partial charge on any atom is -0.483 e. The van der Waals surface area contributed by atoms with Crippen molar-refractivity contribution in [2.75, 3.05) is 13.7 Å². The van der Waals surface area contributed by atoms with E-state index in [9.17, 15) is 9.59 Å². The molecule has 1 aliphatic rings. The molecule has 0 heterocycles. The molecule has 1 fully saturated rings. The average Bonchev–Trinajstić information content (AvgIpc) is 3.20. The maximum Gasteiger partial charge on any atom is 0.260 e. The van der Waals surface area contributed by atoms with E-state index in [1.54, 1.807) is 23.1 Å². The minimum atomic E-state index is -0.00227. The van der Waals surface area contributed by atoms with Gasteiger partial charge in [-0.05, 0) is 50.5 Å². The van der Waals surface area contributed by atoms with Crippen LogP contribution in [0.3, 0.4) is 0 Å². The van der Waals surface area contributed by atoms with Gasteiger partial charge in [0.15, 0.2) is 12.4 Å². The van der Waals surface area contributed by atoms with Crippen LogP contribution < -0.4 is 4.74 Å². The fourth-order valence-corrected chi connectivity index (χ4v) is 1.94. The lowest BCUT2D eigenvalue weighted by Crippen LogP contribution is -2.33. The van der Waals surface area contributed by atoms with E-state index >= 15 is 0 Å². The molecule has 0 N–H and O–H groups in total. The topological polar surface area (TPSA) is 46.6 Å². The molecule has 0 aromatic heterocycles. The molecule has 19 heavy (non-hydrogen) atoms. The van der Waals surface area contributed by atoms with Crippen LogP contribution in [-0.2, 0) is 4.79 Å². The number of amides is 1. The summed E-state index contributed by atoms with van der Waals surface area (Å²) in [4.78, 5) is 24.8. The van der Waals surface area contributed by atoms with Gasteiger partial charge in [0.25, 0.3) is 5.91 Å². The van der Waals surface area contributed by atoms with Crippen molar-refractivity contribution >= 4 is 11.7 Å². The second-order valence-corrected chi connectivity index (χ2v) is 5.06. The first-order valence-electron chi connectivity index (χ1n) is 6.49. The molecule has 1 amide bonds. The lowest BCUT2D eigenvalue weighted by molar-refractivity contribution is -0.132. The van der Waals surface area contributed by atoms with Crippen LogP contribution in [0.2, 0.25) is 0 Å². The molecule has 1 aromatic carbocycles. The Hall–Kier alpha value is -1.84. The highest BCUT2D eigenvalue weighted by atomic mass is 16.5. The first-order valence-corrected chi connectivity index (χ1v) is 6.49. The molecule has 0 atom stereocenters. The largest absolute Gasteiger partial charge is 0.483 e. The van der Waals surface area contributed by atoms with Crippen LogP contribution in [0.25, 0.3) is 0 Å². The first kappa shape index (κ1) is 13.6. The normalized spacial score (nSPS) is 14.1. The Morgan fingerprint density at radius 1 is 1.37 bits per heavy atom. The number of rotatable bonds is 5. The monoisotopic (exact) mass is 261 g/mol. The lowest BCUT2D eigenvalue weighted by atomic mass is 10.1. The van der Waals surface area contributed by atoms with Crippen molar-refractivity contribution in [2.24, 2.45) is 0 Å². The second-order valence-electron chi connectivity index (χ2n) is 5.06. The Kier molecular flexibility index (Phi) is 3.88. The molecular formula is C15H19NO3. The number of nitrogens with zero attached hydrogens (tertiary/aromatic N) is 1. The number of carbonyl (C=O) groups is 2. The molecule has 0 bridgehead atoms. The highest BCUT2D eigenvalue weighted by Gasteiger charge is 2.29. The molecule has 102 valence electrons. The van der Waals surface area contributed by atoms with Gasteiger partial charge in [-0.2, -0.15) is 0 Å². The number of benzene rings is 1. The molecule has 1 saturated carbocycles. The van der Waals surface area contributed by atoms with E-state index in [2.05, 4.69) is 0 Å². The van der Waals surface area contributed by atoms with Crippen LogP contribution in [0.4, 0.5) is 0 Å². The number of hydrogen-bond acceptors (Lipinski definition) is 3. The Bertz CT molecular complexity index is 506. The number of Topliss-reactive ketones (excluding diaryl/α,β-unsaturated/α-hetero) is 1. The highest BCUT2D eigenvalue weighted by molar-refractivity contribution is 5.94. The van der Waals surface area contributed by atoms with E-state index in [-0.39, 0.29) is 18.3 Å². The van der Waals surface area contributed by atoms with Crippen LogP contribution in [0.5, 0.6) is 5.75 Å². The molecule has 0 radical (unpaired) electrons. The highest BCUT2D eigenvalue weighted by Crippen LogP contribution is 2.25. The Morgan fingerprint density at radius 3 is 2.58 bits per heavy atom. The Labute approximate surface area is 113 Å². The molecule has 0 unspecified atom stereocenters. The molecule has 4 heteroatoms. The van der Waals surface area contributed by atoms with Crippen LogP contribution in [0.1, 0.15) is 35.7 Å². The van der Waals surface area contributed by atoms with Crippen molar-refractivity contribution in [2.45, 2.75) is 32.7 Å².